The number of nitrogens with zero attached hydrogens (tertiary/aromatic N) is 3. The van der Waals surface area contributed by atoms with Crippen molar-refractivity contribution in [1.29, 1.82) is 0 Å². The van der Waals surface area contributed by atoms with Crippen LogP contribution in [0.1, 0.15) is 11.8 Å². The number of hydrogen-bond acceptors (Lipinski definition) is 9. The summed E-state index contributed by atoms with van der Waals surface area (Å²) in [7, 11) is -3.92. The number of nitrogens with one attached hydrogen (secondary N) is 1. The lowest BCUT2D eigenvalue weighted by molar-refractivity contribution is -0.0329. The van der Waals surface area contributed by atoms with E-state index in [2.05, 4.69) is 14.7 Å². The second-order valence-corrected chi connectivity index (χ2v) is 9.27. The van der Waals surface area contributed by atoms with Crippen molar-refractivity contribution in [1.82, 2.24) is 19.3 Å². The Morgan fingerprint density at radius 2 is 1.97 bits per heavy atom. The number of fused-ring (bicyclic) bond motifs is 1. The van der Waals surface area contributed by atoms with Crippen LogP contribution in [0.15, 0.2) is 42.2 Å². The van der Waals surface area contributed by atoms with Crippen molar-refractivity contribution in [3.05, 3.63) is 52.8 Å². The molecule has 0 saturated carbocycles. The molecule has 1 aliphatic heterocycles. The molecule has 170 valence electrons. The average Bonchev–Trinajstić information content (AvgIpc) is 3.29. The molecule has 0 aliphatic carbocycles. The molecule has 2 aromatic heterocycles. The van der Waals surface area contributed by atoms with Gasteiger partial charge in [0.1, 0.15) is 23.8 Å². The number of pyridine rings is 1. The van der Waals surface area contributed by atoms with Crippen LogP contribution in [0.2, 0.25) is 5.02 Å². The van der Waals surface area contributed by atoms with Crippen LogP contribution in [0, 0.1) is 0 Å². The fourth-order valence-electron chi connectivity index (χ4n) is 3.40. The zero-order valence-corrected chi connectivity index (χ0v) is 18.1. The van der Waals surface area contributed by atoms with E-state index in [4.69, 9.17) is 27.8 Å². The molecule has 1 aromatic carbocycles. The Morgan fingerprint density at radius 3 is 2.72 bits per heavy atom. The summed E-state index contributed by atoms with van der Waals surface area (Å²) in [5.74, 6) is 0. The summed E-state index contributed by atoms with van der Waals surface area (Å²) < 4.78 is 34.2. The van der Waals surface area contributed by atoms with Crippen molar-refractivity contribution in [2.75, 3.05) is 18.0 Å². The number of sulfonamides is 1. The molecule has 4 rings (SSSR count). The van der Waals surface area contributed by atoms with Crippen LogP contribution in [0.4, 0.5) is 11.4 Å². The summed E-state index contributed by atoms with van der Waals surface area (Å²) in [6, 6.07) is 6.42. The average molecular weight is 481 g/mol. The van der Waals surface area contributed by atoms with Crippen LogP contribution in [0.25, 0.3) is 17.2 Å². The van der Waals surface area contributed by atoms with E-state index in [-0.39, 0.29) is 6.54 Å². The highest BCUT2D eigenvalue weighted by Crippen LogP contribution is 2.32. The molecule has 1 aliphatic rings. The molecule has 13 heteroatoms. The predicted molar refractivity (Wildman–Crippen MR) is 120 cm³/mol. The number of anilines is 2. The van der Waals surface area contributed by atoms with Gasteiger partial charge in [-0.05, 0) is 24.3 Å². The number of rotatable bonds is 6. The third-order valence-corrected chi connectivity index (χ3v) is 6.48. The van der Waals surface area contributed by atoms with Crippen molar-refractivity contribution in [3.63, 3.8) is 0 Å². The van der Waals surface area contributed by atoms with E-state index in [1.54, 1.807) is 24.3 Å². The van der Waals surface area contributed by atoms with Gasteiger partial charge in [-0.25, -0.2) is 23.1 Å². The largest absolute Gasteiger partial charge is 0.398 e. The van der Waals surface area contributed by atoms with Crippen molar-refractivity contribution < 1.29 is 23.4 Å². The van der Waals surface area contributed by atoms with Crippen LogP contribution < -0.4 is 16.2 Å². The number of halogens is 1. The van der Waals surface area contributed by atoms with Gasteiger partial charge in [-0.3, -0.25) is 4.57 Å². The highest BCUT2D eigenvalue weighted by Gasteiger charge is 2.44. The van der Waals surface area contributed by atoms with Gasteiger partial charge in [-0.1, -0.05) is 17.7 Å². The number of nitrogens with two attached hydrogens (primary N) is 2. The molecule has 0 amide bonds. The first-order chi connectivity index (χ1) is 15.2. The molecule has 1 saturated heterocycles. The zero-order chi connectivity index (χ0) is 23.0. The van der Waals surface area contributed by atoms with Gasteiger partial charge >= 0.3 is 0 Å². The van der Waals surface area contributed by atoms with E-state index in [0.29, 0.717) is 33.1 Å². The van der Waals surface area contributed by atoms with Crippen molar-refractivity contribution in [2.24, 2.45) is 0 Å². The predicted octanol–water partition coefficient (Wildman–Crippen LogP) is 0.459. The molecule has 0 radical (unpaired) electrons. The van der Waals surface area contributed by atoms with Crippen LogP contribution in [0.5, 0.6) is 0 Å². The molecule has 3 aromatic rings. The minimum Gasteiger partial charge on any atom is -0.398 e. The maximum atomic E-state index is 12.4. The Hall–Kier alpha value is -2.74. The highest BCUT2D eigenvalue weighted by molar-refractivity contribution is 7.92. The molecule has 0 unspecified atom stereocenters. The van der Waals surface area contributed by atoms with Gasteiger partial charge in [0.2, 0.25) is 10.0 Å². The first kappa shape index (κ1) is 22.5. The maximum Gasteiger partial charge on any atom is 0.233 e. The Bertz CT molecular complexity index is 1260. The van der Waals surface area contributed by atoms with Crippen LogP contribution in [-0.2, 0) is 14.8 Å². The molecule has 7 N–H and O–H groups in total. The third kappa shape index (κ3) is 4.28. The number of aliphatic hydroxyl groups excluding tert-OH is 2. The van der Waals surface area contributed by atoms with Crippen LogP contribution >= 0.6 is 11.6 Å². The van der Waals surface area contributed by atoms with Gasteiger partial charge in [0.25, 0.3) is 0 Å². The quantitative estimate of drug-likeness (QED) is 0.313. The van der Waals surface area contributed by atoms with Gasteiger partial charge < -0.3 is 26.4 Å². The normalized spacial score (nSPS) is 24.0. The van der Waals surface area contributed by atoms with Gasteiger partial charge in [-0.15, -0.1) is 0 Å². The van der Waals surface area contributed by atoms with Gasteiger partial charge in [-0.2, -0.15) is 0 Å². The summed E-state index contributed by atoms with van der Waals surface area (Å²) in [5.41, 5.74) is 13.6. The molecular weight excluding hydrogens is 460 g/mol. The lowest BCUT2D eigenvalue weighted by Gasteiger charge is -2.16. The van der Waals surface area contributed by atoms with E-state index in [0.717, 1.165) is 5.41 Å². The monoisotopic (exact) mass is 480 g/mol. The van der Waals surface area contributed by atoms with E-state index < -0.39 is 34.6 Å². The number of hydrogen-bond donors (Lipinski definition) is 5. The van der Waals surface area contributed by atoms with E-state index in [1.165, 1.54) is 23.2 Å². The van der Waals surface area contributed by atoms with Gasteiger partial charge in [0, 0.05) is 34.4 Å². The molecule has 3 heterocycles. The molecule has 32 heavy (non-hydrogen) atoms. The van der Waals surface area contributed by atoms with Gasteiger partial charge in [0.05, 0.1) is 12.0 Å². The van der Waals surface area contributed by atoms with Crippen LogP contribution in [-0.4, -0.2) is 58.0 Å². The number of aliphatic hydroxyl groups is 2. The standard InChI is InChI=1S/C19H21ClN6O5S/c20-11-2-1-3-12(21)10(11)5-7-32(29,30)25-8-14-16(27)17(28)19(31-14)26-9-24-15-13(22)4-6-23-18(15)26/h1-7,9,14,16-17,19,25,27-28H,8,21H2,(H2,22,23)/b7-5+/t14-,16-,17-,19-/m1/s1. The topological polar surface area (TPSA) is 179 Å². The summed E-state index contributed by atoms with van der Waals surface area (Å²) in [6.45, 7) is -0.290. The Balaban J connectivity index is 1.47. The first-order valence-corrected chi connectivity index (χ1v) is 11.4. The Morgan fingerprint density at radius 1 is 1.19 bits per heavy atom. The van der Waals surface area contributed by atoms with E-state index in [1.807, 2.05) is 0 Å². The molecular formula is C19H21ClN6O5S. The van der Waals surface area contributed by atoms with Gasteiger partial charge in [0.15, 0.2) is 11.9 Å². The summed E-state index contributed by atoms with van der Waals surface area (Å²) >= 11 is 6.04. The Kier molecular flexibility index (Phi) is 6.07. The minimum absolute atomic E-state index is 0.290. The highest BCUT2D eigenvalue weighted by atomic mass is 35.5. The molecule has 0 bridgehead atoms. The molecule has 0 spiro atoms. The fraction of sp³-hybridized carbons (Fsp3) is 0.263. The van der Waals surface area contributed by atoms with Crippen LogP contribution in [0.3, 0.4) is 0 Å². The third-order valence-electron chi connectivity index (χ3n) is 5.09. The van der Waals surface area contributed by atoms with Crippen molar-refractivity contribution >= 4 is 50.2 Å². The summed E-state index contributed by atoms with van der Waals surface area (Å²) in [4.78, 5) is 8.35. The number of ether oxygens (including phenoxy) is 1. The van der Waals surface area contributed by atoms with Crippen molar-refractivity contribution in [2.45, 2.75) is 24.5 Å². The van der Waals surface area contributed by atoms with Crippen molar-refractivity contribution in [3.8, 4) is 0 Å². The van der Waals surface area contributed by atoms with E-state index >= 15 is 0 Å². The zero-order valence-electron chi connectivity index (χ0n) is 16.5. The molecule has 11 nitrogen and oxygen atoms in total. The second kappa shape index (κ2) is 8.65. The first-order valence-electron chi connectivity index (χ1n) is 9.48. The number of nitrogen functional groups attached to an aromatic ring is 2. The Labute approximate surface area is 188 Å². The fourth-order valence-corrected chi connectivity index (χ4v) is 4.45. The smallest absolute Gasteiger partial charge is 0.233 e. The number of benzene rings is 1. The maximum absolute atomic E-state index is 12.4. The number of aromatic nitrogens is 3. The lowest BCUT2D eigenvalue weighted by Crippen LogP contribution is -2.39. The van der Waals surface area contributed by atoms with E-state index in [9.17, 15) is 18.6 Å². The minimum atomic E-state index is -3.92. The SMILES string of the molecule is Nc1cccc(Cl)c1/C=C/S(=O)(=O)NC[C@H]1O[C@@H](n2cnc3c(N)ccnc32)[C@H](O)[C@@H]1O. The molecule has 4 atom stereocenters. The lowest BCUT2D eigenvalue weighted by atomic mass is 10.1. The summed E-state index contributed by atoms with van der Waals surface area (Å²) in [5, 5.41) is 22.1. The number of imidazole rings is 1. The molecule has 1 fully saturated rings. The summed E-state index contributed by atoms with van der Waals surface area (Å²) in [6.07, 6.45) is -0.612. The second-order valence-electron chi connectivity index (χ2n) is 7.21.